The predicted octanol–water partition coefficient (Wildman–Crippen LogP) is 4.92. The number of nitrogens with one attached hydrogen (secondary N) is 1. The molecule has 2 heterocycles. The van der Waals surface area contributed by atoms with Gasteiger partial charge in [-0.15, -0.1) is 0 Å². The normalized spacial score (nSPS) is 17.5. The molecule has 1 aromatic carbocycles. The van der Waals surface area contributed by atoms with Gasteiger partial charge in [-0.1, -0.05) is 17.3 Å². The molecule has 1 saturated heterocycles. The topological polar surface area (TPSA) is 75.4 Å². The Kier molecular flexibility index (Phi) is 6.02. The average Bonchev–Trinajstić information content (AvgIpc) is 3.21. The summed E-state index contributed by atoms with van der Waals surface area (Å²) in [7, 11) is 0. The molecule has 1 aliphatic heterocycles. The van der Waals surface area contributed by atoms with Gasteiger partial charge < -0.3 is 14.7 Å². The highest BCUT2D eigenvalue weighted by atomic mass is 16.5. The number of amides is 2. The summed E-state index contributed by atoms with van der Waals surface area (Å²) in [5.74, 6) is 0.948. The molecule has 6 heteroatoms. The molecule has 30 heavy (non-hydrogen) atoms. The zero-order valence-corrected chi connectivity index (χ0v) is 17.7. The minimum absolute atomic E-state index is 0.155. The Morgan fingerprint density at radius 3 is 2.60 bits per heavy atom. The van der Waals surface area contributed by atoms with Crippen LogP contribution in [0.1, 0.15) is 78.7 Å². The van der Waals surface area contributed by atoms with E-state index in [-0.39, 0.29) is 17.5 Å². The van der Waals surface area contributed by atoms with Crippen molar-refractivity contribution < 1.29 is 14.1 Å². The molecule has 2 amide bonds. The molecule has 2 aliphatic rings. The zero-order chi connectivity index (χ0) is 21.1. The number of carbonyl (C=O) groups excluding carboxylic acids is 2. The van der Waals surface area contributed by atoms with E-state index in [2.05, 4.69) is 28.7 Å². The Bertz CT molecular complexity index is 968. The Morgan fingerprint density at radius 1 is 1.17 bits per heavy atom. The van der Waals surface area contributed by atoms with Gasteiger partial charge in [0, 0.05) is 37.3 Å². The van der Waals surface area contributed by atoms with Gasteiger partial charge in [-0.05, 0) is 74.6 Å². The molecule has 0 unspecified atom stereocenters. The van der Waals surface area contributed by atoms with E-state index < -0.39 is 0 Å². The van der Waals surface area contributed by atoms with Crippen LogP contribution < -0.4 is 5.32 Å². The molecule has 0 bridgehead atoms. The molecule has 1 aromatic heterocycles. The van der Waals surface area contributed by atoms with Crippen LogP contribution in [-0.4, -0.2) is 35.0 Å². The molecule has 158 valence electrons. The first-order chi connectivity index (χ1) is 14.5. The van der Waals surface area contributed by atoms with Gasteiger partial charge in [0.05, 0.1) is 0 Å². The number of nitrogens with zero attached hydrogens (tertiary/aromatic N) is 2. The molecule has 0 atom stereocenters. The molecule has 1 aliphatic carbocycles. The molecule has 0 spiro atoms. The summed E-state index contributed by atoms with van der Waals surface area (Å²) in [6.45, 7) is 5.03. The highest BCUT2D eigenvalue weighted by Gasteiger charge is 2.24. The first-order valence-electron chi connectivity index (χ1n) is 10.8. The van der Waals surface area contributed by atoms with Crippen molar-refractivity contribution in [2.24, 2.45) is 0 Å². The van der Waals surface area contributed by atoms with Gasteiger partial charge in [0.2, 0.25) is 5.91 Å². The fraction of sp³-hybridized carbons (Fsp3) is 0.458. The van der Waals surface area contributed by atoms with E-state index in [0.29, 0.717) is 11.7 Å². The number of likely N-dealkylation sites (tertiary alicyclic amines) is 1. The number of piperidine rings is 1. The maximum Gasteiger partial charge on any atom is 0.277 e. The van der Waals surface area contributed by atoms with Crippen LogP contribution in [0.2, 0.25) is 0 Å². The van der Waals surface area contributed by atoms with E-state index in [4.69, 9.17) is 4.52 Å². The summed E-state index contributed by atoms with van der Waals surface area (Å²) >= 11 is 0. The second-order valence-electron chi connectivity index (χ2n) is 8.34. The second-order valence-corrected chi connectivity index (χ2v) is 8.34. The van der Waals surface area contributed by atoms with Gasteiger partial charge in [-0.3, -0.25) is 9.59 Å². The molecule has 2 aromatic rings. The lowest BCUT2D eigenvalue weighted by Crippen LogP contribution is -2.36. The zero-order valence-electron chi connectivity index (χ0n) is 17.7. The van der Waals surface area contributed by atoms with E-state index in [9.17, 15) is 9.59 Å². The van der Waals surface area contributed by atoms with Crippen LogP contribution in [0, 0.1) is 6.92 Å². The lowest BCUT2D eigenvalue weighted by molar-refractivity contribution is -0.129. The van der Waals surface area contributed by atoms with Crippen molar-refractivity contribution in [2.45, 2.75) is 58.3 Å². The third kappa shape index (κ3) is 4.48. The largest absolute Gasteiger partial charge is 0.361 e. The van der Waals surface area contributed by atoms with E-state index in [0.717, 1.165) is 50.0 Å². The van der Waals surface area contributed by atoms with Crippen molar-refractivity contribution >= 4 is 23.1 Å². The van der Waals surface area contributed by atoms with E-state index in [1.165, 1.54) is 24.0 Å². The maximum atomic E-state index is 12.7. The number of allylic oxidation sites excluding steroid dienone is 2. The fourth-order valence-electron chi connectivity index (χ4n) is 4.46. The van der Waals surface area contributed by atoms with Crippen LogP contribution in [0.25, 0.3) is 5.57 Å². The van der Waals surface area contributed by atoms with Crippen molar-refractivity contribution in [1.29, 1.82) is 0 Å². The average molecular weight is 408 g/mol. The number of anilines is 1. The van der Waals surface area contributed by atoms with Crippen molar-refractivity contribution in [3.05, 3.63) is 52.9 Å². The van der Waals surface area contributed by atoms with E-state index in [1.807, 2.05) is 11.0 Å². The highest BCUT2D eigenvalue weighted by Crippen LogP contribution is 2.36. The third-order valence-corrected chi connectivity index (χ3v) is 6.20. The number of benzene rings is 1. The van der Waals surface area contributed by atoms with Gasteiger partial charge in [0.25, 0.3) is 5.91 Å². The first-order valence-corrected chi connectivity index (χ1v) is 10.8. The quantitative estimate of drug-likeness (QED) is 0.781. The minimum atomic E-state index is -0.257. The summed E-state index contributed by atoms with van der Waals surface area (Å²) in [5.41, 5.74) is 4.80. The monoisotopic (exact) mass is 407 g/mol. The number of carbonyl (C=O) groups is 2. The Morgan fingerprint density at radius 2 is 1.97 bits per heavy atom. The van der Waals surface area contributed by atoms with Gasteiger partial charge in [0.1, 0.15) is 5.76 Å². The standard InChI is InChI=1S/C24H29N3O3/c1-16-14-23(26-30-16)24(29)25-22-9-8-20(15-21(22)19-6-4-3-5-7-19)18-10-12-27(13-11-18)17(2)28/h6,8-9,14-15,18H,3-5,7,10-13H2,1-2H3,(H,25,29). The Labute approximate surface area is 177 Å². The van der Waals surface area contributed by atoms with Crippen molar-refractivity contribution in [3.8, 4) is 0 Å². The highest BCUT2D eigenvalue weighted by molar-refractivity contribution is 6.04. The molecular weight excluding hydrogens is 378 g/mol. The summed E-state index contributed by atoms with van der Waals surface area (Å²) in [6.07, 6.45) is 8.74. The smallest absolute Gasteiger partial charge is 0.277 e. The van der Waals surface area contributed by atoms with E-state index >= 15 is 0 Å². The van der Waals surface area contributed by atoms with Crippen LogP contribution in [0.4, 0.5) is 5.69 Å². The van der Waals surface area contributed by atoms with Crippen LogP contribution in [0.3, 0.4) is 0 Å². The SMILES string of the molecule is CC(=O)N1CCC(c2ccc(NC(=O)c3cc(C)on3)c(C3=CCCCC3)c2)CC1. The first kappa shape index (κ1) is 20.4. The predicted molar refractivity (Wildman–Crippen MR) is 116 cm³/mol. The number of hydrogen-bond donors (Lipinski definition) is 1. The molecule has 0 radical (unpaired) electrons. The summed E-state index contributed by atoms with van der Waals surface area (Å²) in [5, 5.41) is 6.87. The van der Waals surface area contributed by atoms with Crippen LogP contribution in [0.15, 0.2) is 34.9 Å². The third-order valence-electron chi connectivity index (χ3n) is 6.20. The van der Waals surface area contributed by atoms with Crippen molar-refractivity contribution in [2.75, 3.05) is 18.4 Å². The molecule has 1 fully saturated rings. The minimum Gasteiger partial charge on any atom is -0.361 e. The fourth-order valence-corrected chi connectivity index (χ4v) is 4.46. The molecule has 4 rings (SSSR count). The lowest BCUT2D eigenvalue weighted by atomic mass is 9.85. The summed E-state index contributed by atoms with van der Waals surface area (Å²) < 4.78 is 5.04. The molecule has 1 N–H and O–H groups in total. The number of rotatable bonds is 4. The van der Waals surface area contributed by atoms with Crippen LogP contribution in [0.5, 0.6) is 0 Å². The van der Waals surface area contributed by atoms with Crippen molar-refractivity contribution in [1.82, 2.24) is 10.1 Å². The van der Waals surface area contributed by atoms with E-state index in [1.54, 1.807) is 19.9 Å². The number of hydrogen-bond acceptors (Lipinski definition) is 4. The van der Waals surface area contributed by atoms with Gasteiger partial charge in [0.15, 0.2) is 5.69 Å². The number of aromatic nitrogens is 1. The summed E-state index contributed by atoms with van der Waals surface area (Å²) in [4.78, 5) is 26.2. The Hall–Kier alpha value is -2.89. The summed E-state index contributed by atoms with van der Waals surface area (Å²) in [6, 6.07) is 8.02. The van der Waals surface area contributed by atoms with Gasteiger partial charge in [-0.25, -0.2) is 0 Å². The lowest BCUT2D eigenvalue weighted by Gasteiger charge is -2.32. The molecule has 6 nitrogen and oxygen atoms in total. The van der Waals surface area contributed by atoms with Crippen LogP contribution >= 0.6 is 0 Å². The number of aryl methyl sites for hydroxylation is 1. The molecular formula is C24H29N3O3. The molecule has 0 saturated carbocycles. The van der Waals surface area contributed by atoms with Gasteiger partial charge >= 0.3 is 0 Å². The Balaban J connectivity index is 1.59. The van der Waals surface area contributed by atoms with Gasteiger partial charge in [-0.2, -0.15) is 0 Å². The second kappa shape index (κ2) is 8.86. The van der Waals surface area contributed by atoms with Crippen LogP contribution in [-0.2, 0) is 4.79 Å². The maximum absolute atomic E-state index is 12.7. The van der Waals surface area contributed by atoms with Crippen molar-refractivity contribution in [3.63, 3.8) is 0 Å².